The Kier molecular flexibility index (Phi) is 4.19. The zero-order valence-corrected chi connectivity index (χ0v) is 8.54. The van der Waals surface area contributed by atoms with E-state index >= 15 is 0 Å². The van der Waals surface area contributed by atoms with Gasteiger partial charge in [0.05, 0.1) is 32.5 Å². The van der Waals surface area contributed by atoms with Gasteiger partial charge in [-0.25, -0.2) is 0 Å². The third-order valence-corrected chi connectivity index (χ3v) is 2.68. The van der Waals surface area contributed by atoms with Gasteiger partial charge in [0.25, 0.3) is 0 Å². The first-order valence-corrected chi connectivity index (χ1v) is 5.45. The molecule has 1 N–H and O–H groups in total. The van der Waals surface area contributed by atoms with Crippen molar-refractivity contribution in [1.82, 2.24) is 5.32 Å². The van der Waals surface area contributed by atoms with Crippen LogP contribution < -0.4 is 5.32 Å². The zero-order chi connectivity index (χ0) is 9.64. The fourth-order valence-electron chi connectivity index (χ4n) is 1.85. The topological polar surface area (TPSA) is 39.7 Å². The van der Waals surface area contributed by atoms with Crippen LogP contribution in [0.5, 0.6) is 0 Å². The Balaban J connectivity index is 1.60. The van der Waals surface area contributed by atoms with Crippen LogP contribution >= 0.6 is 0 Å². The highest BCUT2D eigenvalue weighted by atomic mass is 16.6. The van der Waals surface area contributed by atoms with Gasteiger partial charge in [-0.1, -0.05) is 0 Å². The molecule has 2 atom stereocenters. The monoisotopic (exact) mass is 201 g/mol. The van der Waals surface area contributed by atoms with Crippen molar-refractivity contribution in [1.29, 1.82) is 0 Å². The van der Waals surface area contributed by atoms with Crippen molar-refractivity contribution in [3.8, 4) is 0 Å². The van der Waals surface area contributed by atoms with Gasteiger partial charge in [-0.3, -0.25) is 0 Å². The second kappa shape index (κ2) is 5.66. The van der Waals surface area contributed by atoms with E-state index in [4.69, 9.17) is 14.2 Å². The van der Waals surface area contributed by atoms with Gasteiger partial charge in [-0.05, 0) is 12.8 Å². The van der Waals surface area contributed by atoms with E-state index in [1.54, 1.807) is 0 Å². The molecular weight excluding hydrogens is 182 g/mol. The highest BCUT2D eigenvalue weighted by Gasteiger charge is 2.18. The maximum atomic E-state index is 5.54. The third-order valence-electron chi connectivity index (χ3n) is 2.68. The minimum atomic E-state index is 0.227. The Morgan fingerprint density at radius 2 is 2.00 bits per heavy atom. The molecule has 82 valence electrons. The first-order chi connectivity index (χ1) is 6.95. The summed E-state index contributed by atoms with van der Waals surface area (Å²) in [4.78, 5) is 0. The smallest absolute Gasteiger partial charge is 0.0933 e. The SMILES string of the molecule is C1COCC(NCC2COCCO2)C1. The number of hydrogen-bond donors (Lipinski definition) is 1. The summed E-state index contributed by atoms with van der Waals surface area (Å²) in [6, 6.07) is 0.509. The minimum absolute atomic E-state index is 0.227. The molecule has 0 aromatic carbocycles. The van der Waals surface area contributed by atoms with Gasteiger partial charge in [0.2, 0.25) is 0 Å². The molecule has 0 amide bonds. The quantitative estimate of drug-likeness (QED) is 0.706. The molecule has 2 rings (SSSR count). The van der Waals surface area contributed by atoms with Gasteiger partial charge in [0.1, 0.15) is 0 Å². The average molecular weight is 201 g/mol. The molecule has 0 aromatic heterocycles. The lowest BCUT2D eigenvalue weighted by Gasteiger charge is -2.27. The molecular formula is C10H19NO3. The molecule has 2 aliphatic rings. The normalized spacial score (nSPS) is 34.3. The highest BCUT2D eigenvalue weighted by molar-refractivity contribution is 4.73. The van der Waals surface area contributed by atoms with E-state index in [1.807, 2.05) is 0 Å². The molecule has 4 nitrogen and oxygen atoms in total. The first kappa shape index (κ1) is 10.4. The lowest BCUT2D eigenvalue weighted by molar-refractivity contribution is -0.0882. The summed E-state index contributed by atoms with van der Waals surface area (Å²) in [6.45, 7) is 4.83. The molecule has 0 aliphatic carbocycles. The summed E-state index contributed by atoms with van der Waals surface area (Å²) in [5.41, 5.74) is 0. The van der Waals surface area contributed by atoms with E-state index < -0.39 is 0 Å². The van der Waals surface area contributed by atoms with Crippen LogP contribution in [0.15, 0.2) is 0 Å². The summed E-state index contributed by atoms with van der Waals surface area (Å²) in [5, 5.41) is 3.46. The van der Waals surface area contributed by atoms with E-state index in [9.17, 15) is 0 Å². The highest BCUT2D eigenvalue weighted by Crippen LogP contribution is 2.06. The van der Waals surface area contributed by atoms with Gasteiger partial charge < -0.3 is 19.5 Å². The van der Waals surface area contributed by atoms with Crippen molar-refractivity contribution in [3.63, 3.8) is 0 Å². The number of hydrogen-bond acceptors (Lipinski definition) is 4. The summed E-state index contributed by atoms with van der Waals surface area (Å²) in [5.74, 6) is 0. The second-order valence-corrected chi connectivity index (χ2v) is 3.89. The number of rotatable bonds is 3. The molecule has 0 aromatic rings. The zero-order valence-electron chi connectivity index (χ0n) is 8.54. The van der Waals surface area contributed by atoms with E-state index in [0.29, 0.717) is 6.04 Å². The maximum Gasteiger partial charge on any atom is 0.0933 e. The van der Waals surface area contributed by atoms with Crippen molar-refractivity contribution in [3.05, 3.63) is 0 Å². The largest absolute Gasteiger partial charge is 0.380 e. The predicted octanol–water partition coefficient (Wildman–Crippen LogP) is 0.170. The van der Waals surface area contributed by atoms with E-state index in [1.165, 1.54) is 12.8 Å². The first-order valence-electron chi connectivity index (χ1n) is 5.45. The summed E-state index contributed by atoms with van der Waals surface area (Å²) < 4.78 is 16.3. The third kappa shape index (κ3) is 3.20. The van der Waals surface area contributed by atoms with Crippen LogP contribution in [-0.2, 0) is 14.2 Å². The van der Waals surface area contributed by atoms with Gasteiger partial charge >= 0.3 is 0 Å². The van der Waals surface area contributed by atoms with Crippen LogP contribution in [0, 0.1) is 0 Å². The minimum Gasteiger partial charge on any atom is -0.380 e. The van der Waals surface area contributed by atoms with Crippen molar-refractivity contribution in [2.45, 2.75) is 25.0 Å². The number of ether oxygens (including phenoxy) is 3. The molecule has 2 saturated heterocycles. The van der Waals surface area contributed by atoms with Crippen molar-refractivity contribution in [2.75, 3.05) is 39.6 Å². The molecule has 2 fully saturated rings. The van der Waals surface area contributed by atoms with E-state index in [-0.39, 0.29) is 6.10 Å². The van der Waals surface area contributed by atoms with Gasteiger partial charge in [-0.2, -0.15) is 0 Å². The fraction of sp³-hybridized carbons (Fsp3) is 1.00. The summed E-state index contributed by atoms with van der Waals surface area (Å²) in [6.07, 6.45) is 2.61. The molecule has 2 aliphatic heterocycles. The Bertz CT molecular complexity index is 135. The standard InChI is InChI=1S/C10H19NO3/c1-2-9(7-12-3-1)11-6-10-8-13-4-5-14-10/h9-11H,1-8H2. The van der Waals surface area contributed by atoms with Crippen LogP contribution in [0.2, 0.25) is 0 Å². The molecule has 2 unspecified atom stereocenters. The molecule has 0 radical (unpaired) electrons. The fourth-order valence-corrected chi connectivity index (χ4v) is 1.85. The molecule has 2 heterocycles. The van der Waals surface area contributed by atoms with Gasteiger partial charge in [0, 0.05) is 19.2 Å². The Labute approximate surface area is 84.9 Å². The van der Waals surface area contributed by atoms with Crippen LogP contribution in [0.3, 0.4) is 0 Å². The van der Waals surface area contributed by atoms with Gasteiger partial charge in [0.15, 0.2) is 0 Å². The Morgan fingerprint density at radius 3 is 2.71 bits per heavy atom. The van der Waals surface area contributed by atoms with Crippen LogP contribution in [-0.4, -0.2) is 51.7 Å². The summed E-state index contributed by atoms with van der Waals surface area (Å²) >= 11 is 0. The molecule has 14 heavy (non-hydrogen) atoms. The average Bonchev–Trinajstić information content (AvgIpc) is 2.29. The van der Waals surface area contributed by atoms with E-state index in [0.717, 1.165) is 39.6 Å². The lowest BCUT2D eigenvalue weighted by Crippen LogP contribution is -2.44. The van der Waals surface area contributed by atoms with Crippen LogP contribution in [0.4, 0.5) is 0 Å². The predicted molar refractivity (Wildman–Crippen MR) is 52.4 cm³/mol. The Morgan fingerprint density at radius 1 is 1.07 bits per heavy atom. The molecule has 0 saturated carbocycles. The van der Waals surface area contributed by atoms with Crippen molar-refractivity contribution in [2.24, 2.45) is 0 Å². The van der Waals surface area contributed by atoms with E-state index in [2.05, 4.69) is 5.32 Å². The maximum absolute atomic E-state index is 5.54. The lowest BCUT2D eigenvalue weighted by atomic mass is 10.1. The molecule has 0 bridgehead atoms. The van der Waals surface area contributed by atoms with Crippen LogP contribution in [0.25, 0.3) is 0 Å². The summed E-state index contributed by atoms with van der Waals surface area (Å²) in [7, 11) is 0. The Hall–Kier alpha value is -0.160. The van der Waals surface area contributed by atoms with Crippen LogP contribution in [0.1, 0.15) is 12.8 Å². The van der Waals surface area contributed by atoms with Crippen molar-refractivity contribution >= 4 is 0 Å². The second-order valence-electron chi connectivity index (χ2n) is 3.89. The molecule has 4 heteroatoms. The van der Waals surface area contributed by atoms with Gasteiger partial charge in [-0.15, -0.1) is 0 Å². The molecule has 0 spiro atoms. The number of nitrogens with one attached hydrogen (secondary N) is 1. The van der Waals surface area contributed by atoms with Crippen molar-refractivity contribution < 1.29 is 14.2 Å².